The number of hydrogen-bond donors (Lipinski definition) is 2. The largest absolute Gasteiger partial charge is 0.332 e. The summed E-state index contributed by atoms with van der Waals surface area (Å²) >= 11 is 3.06. The number of anilines is 1. The molecule has 0 bridgehead atoms. The van der Waals surface area contributed by atoms with Gasteiger partial charge in [0.2, 0.25) is 0 Å². The molecule has 8 heteroatoms. The van der Waals surface area contributed by atoms with Crippen LogP contribution >= 0.6 is 22.7 Å². The van der Waals surface area contributed by atoms with Crippen LogP contribution in [0, 0.1) is 0 Å². The van der Waals surface area contributed by atoms with Crippen molar-refractivity contribution < 1.29 is 4.79 Å². The molecule has 24 heavy (non-hydrogen) atoms. The van der Waals surface area contributed by atoms with Gasteiger partial charge in [0.25, 0.3) is 0 Å². The molecule has 1 fully saturated rings. The van der Waals surface area contributed by atoms with Crippen LogP contribution in [-0.2, 0) is 6.54 Å². The van der Waals surface area contributed by atoms with Gasteiger partial charge in [0.15, 0.2) is 5.13 Å². The van der Waals surface area contributed by atoms with Gasteiger partial charge in [-0.3, -0.25) is 15.3 Å². The first kappa shape index (κ1) is 15.2. The molecule has 3 heterocycles. The van der Waals surface area contributed by atoms with Crippen molar-refractivity contribution in [2.45, 2.75) is 25.3 Å². The van der Waals surface area contributed by atoms with Gasteiger partial charge in [-0.25, -0.2) is 9.78 Å². The SMILES string of the molecule is O=C(NCc1nccnc1-c1cccs1)Nc1nc(C2CC2)cs1. The third-order valence-electron chi connectivity index (χ3n) is 3.68. The Balaban J connectivity index is 1.38. The molecule has 3 aromatic rings. The first-order chi connectivity index (χ1) is 11.8. The Bertz CT molecular complexity index is 842. The third-order valence-corrected chi connectivity index (χ3v) is 5.34. The lowest BCUT2D eigenvalue weighted by Crippen LogP contribution is -2.28. The van der Waals surface area contributed by atoms with Crippen LogP contribution in [-0.4, -0.2) is 21.0 Å². The zero-order valence-electron chi connectivity index (χ0n) is 12.7. The number of carbonyl (C=O) groups is 1. The van der Waals surface area contributed by atoms with E-state index in [1.807, 2.05) is 22.9 Å². The van der Waals surface area contributed by atoms with Crippen molar-refractivity contribution in [1.29, 1.82) is 0 Å². The molecule has 3 aromatic heterocycles. The van der Waals surface area contributed by atoms with E-state index in [9.17, 15) is 4.79 Å². The number of rotatable bonds is 5. The molecule has 0 atom stereocenters. The number of nitrogens with one attached hydrogen (secondary N) is 2. The molecule has 2 amide bonds. The molecule has 4 rings (SSSR count). The first-order valence-corrected chi connectivity index (χ1v) is 9.39. The minimum absolute atomic E-state index is 0.283. The lowest BCUT2D eigenvalue weighted by atomic mass is 10.2. The van der Waals surface area contributed by atoms with Crippen molar-refractivity contribution >= 4 is 33.8 Å². The van der Waals surface area contributed by atoms with Gasteiger partial charge in [0.05, 0.1) is 22.8 Å². The van der Waals surface area contributed by atoms with E-state index in [0.29, 0.717) is 17.6 Å². The molecule has 0 aromatic carbocycles. The van der Waals surface area contributed by atoms with Crippen LogP contribution in [0.25, 0.3) is 10.6 Å². The van der Waals surface area contributed by atoms with Crippen LogP contribution in [0.4, 0.5) is 9.93 Å². The smallest absolute Gasteiger partial charge is 0.321 e. The molecule has 0 saturated heterocycles. The highest BCUT2D eigenvalue weighted by molar-refractivity contribution is 7.14. The molecule has 0 aliphatic heterocycles. The summed E-state index contributed by atoms with van der Waals surface area (Å²) in [4.78, 5) is 26.3. The molecule has 1 aliphatic rings. The summed E-state index contributed by atoms with van der Waals surface area (Å²) in [6.45, 7) is 0.313. The maximum Gasteiger partial charge on any atom is 0.321 e. The molecular weight excluding hydrogens is 342 g/mol. The summed E-state index contributed by atoms with van der Waals surface area (Å²) in [6, 6.07) is 3.68. The highest BCUT2D eigenvalue weighted by Gasteiger charge is 2.26. The number of thiazole rings is 1. The van der Waals surface area contributed by atoms with Crippen molar-refractivity contribution in [3.63, 3.8) is 0 Å². The first-order valence-electron chi connectivity index (χ1n) is 7.63. The number of aromatic nitrogens is 3. The van der Waals surface area contributed by atoms with E-state index >= 15 is 0 Å². The maximum absolute atomic E-state index is 12.1. The Hall–Kier alpha value is -2.32. The second-order valence-electron chi connectivity index (χ2n) is 5.49. The van der Waals surface area contributed by atoms with Gasteiger partial charge in [-0.2, -0.15) is 0 Å². The monoisotopic (exact) mass is 357 g/mol. The molecule has 1 saturated carbocycles. The van der Waals surface area contributed by atoms with Crippen LogP contribution in [0.5, 0.6) is 0 Å². The second-order valence-corrected chi connectivity index (χ2v) is 7.29. The molecule has 6 nitrogen and oxygen atoms in total. The van der Waals surface area contributed by atoms with Crippen LogP contribution < -0.4 is 10.6 Å². The van der Waals surface area contributed by atoms with E-state index in [-0.39, 0.29) is 6.03 Å². The molecule has 0 unspecified atom stereocenters. The Morgan fingerprint density at radius 3 is 2.92 bits per heavy atom. The van der Waals surface area contributed by atoms with Gasteiger partial charge in [-0.15, -0.1) is 22.7 Å². The predicted molar refractivity (Wildman–Crippen MR) is 95.3 cm³/mol. The normalized spacial score (nSPS) is 13.7. The molecule has 0 radical (unpaired) electrons. The summed E-state index contributed by atoms with van der Waals surface area (Å²) < 4.78 is 0. The fourth-order valence-corrected chi connectivity index (χ4v) is 3.86. The molecule has 1 aliphatic carbocycles. The number of thiophene rings is 1. The van der Waals surface area contributed by atoms with Gasteiger partial charge in [-0.1, -0.05) is 6.07 Å². The van der Waals surface area contributed by atoms with Crippen molar-refractivity contribution in [1.82, 2.24) is 20.3 Å². The number of nitrogens with zero attached hydrogens (tertiary/aromatic N) is 3. The number of carbonyl (C=O) groups excluding carboxylic acids is 1. The van der Waals surface area contributed by atoms with E-state index in [2.05, 4.69) is 25.6 Å². The van der Waals surface area contributed by atoms with Crippen molar-refractivity contribution in [3.8, 4) is 10.6 Å². The van der Waals surface area contributed by atoms with Crippen molar-refractivity contribution in [2.75, 3.05) is 5.32 Å². The minimum atomic E-state index is -0.283. The average Bonchev–Trinajstić information content (AvgIpc) is 3.10. The lowest BCUT2D eigenvalue weighted by molar-refractivity contribution is 0.251. The minimum Gasteiger partial charge on any atom is -0.332 e. The summed E-state index contributed by atoms with van der Waals surface area (Å²) in [7, 11) is 0. The summed E-state index contributed by atoms with van der Waals surface area (Å²) in [5, 5.41) is 10.2. The third kappa shape index (κ3) is 3.44. The Morgan fingerprint density at radius 2 is 2.12 bits per heavy atom. The molecular formula is C16H15N5OS2. The van der Waals surface area contributed by atoms with Gasteiger partial charge in [-0.05, 0) is 24.3 Å². The topological polar surface area (TPSA) is 79.8 Å². The quantitative estimate of drug-likeness (QED) is 0.727. The maximum atomic E-state index is 12.1. The van der Waals surface area contributed by atoms with E-state index in [4.69, 9.17) is 0 Å². The number of amides is 2. The molecule has 0 spiro atoms. The average molecular weight is 357 g/mol. The zero-order chi connectivity index (χ0) is 16.4. The predicted octanol–water partition coefficient (Wildman–Crippen LogP) is 3.86. The van der Waals surface area contributed by atoms with Gasteiger partial charge in [0.1, 0.15) is 5.69 Å². The summed E-state index contributed by atoms with van der Waals surface area (Å²) in [5.41, 5.74) is 2.63. The Morgan fingerprint density at radius 1 is 1.25 bits per heavy atom. The van der Waals surface area contributed by atoms with E-state index in [1.54, 1.807) is 23.7 Å². The lowest BCUT2D eigenvalue weighted by Gasteiger charge is -2.08. The van der Waals surface area contributed by atoms with Crippen molar-refractivity contribution in [2.24, 2.45) is 0 Å². The van der Waals surface area contributed by atoms with Crippen LogP contribution in [0.2, 0.25) is 0 Å². The van der Waals surface area contributed by atoms with E-state index in [0.717, 1.165) is 22.0 Å². The number of hydrogen-bond acceptors (Lipinski definition) is 6. The highest BCUT2D eigenvalue weighted by atomic mass is 32.1. The van der Waals surface area contributed by atoms with Crippen LogP contribution in [0.1, 0.15) is 30.1 Å². The van der Waals surface area contributed by atoms with Crippen LogP contribution in [0.3, 0.4) is 0 Å². The number of urea groups is 1. The van der Waals surface area contributed by atoms with Gasteiger partial charge >= 0.3 is 6.03 Å². The zero-order valence-corrected chi connectivity index (χ0v) is 14.4. The fourth-order valence-electron chi connectivity index (χ4n) is 2.33. The fraction of sp³-hybridized carbons (Fsp3) is 0.250. The van der Waals surface area contributed by atoms with Crippen LogP contribution in [0.15, 0.2) is 35.3 Å². The standard InChI is InChI=1S/C16H15N5OS2/c22-15(21-16-20-12(9-24-16)10-3-4-10)19-8-11-14(18-6-5-17-11)13-2-1-7-23-13/h1-2,5-7,9-10H,3-4,8H2,(H2,19,20,21,22). The molecule has 122 valence electrons. The second kappa shape index (κ2) is 6.66. The van der Waals surface area contributed by atoms with Crippen molar-refractivity contribution in [3.05, 3.63) is 46.7 Å². The van der Waals surface area contributed by atoms with Gasteiger partial charge < -0.3 is 5.32 Å². The van der Waals surface area contributed by atoms with E-state index in [1.165, 1.54) is 24.2 Å². The summed E-state index contributed by atoms with van der Waals surface area (Å²) in [6.07, 6.45) is 5.70. The molecule has 2 N–H and O–H groups in total. The summed E-state index contributed by atoms with van der Waals surface area (Å²) in [5.74, 6) is 0.591. The van der Waals surface area contributed by atoms with E-state index < -0.39 is 0 Å². The Kier molecular flexibility index (Phi) is 4.22. The Labute approximate surface area is 147 Å². The van der Waals surface area contributed by atoms with Gasteiger partial charge in [0, 0.05) is 23.7 Å². The highest BCUT2D eigenvalue weighted by Crippen LogP contribution is 2.40.